The summed E-state index contributed by atoms with van der Waals surface area (Å²) in [6.07, 6.45) is -7.35. The van der Waals surface area contributed by atoms with E-state index in [9.17, 15) is 40.5 Å². The highest BCUT2D eigenvalue weighted by Gasteiger charge is 2.44. The number of phenols is 4. The van der Waals surface area contributed by atoms with Crippen LogP contribution < -0.4 is 10.2 Å². The Balaban J connectivity index is 1.92. The fourth-order valence-corrected chi connectivity index (χ4v) is 3.46. The molecule has 32 heavy (non-hydrogen) atoms. The predicted molar refractivity (Wildman–Crippen MR) is 108 cm³/mol. The molecular formula is C21H20O11. The van der Waals surface area contributed by atoms with Crippen LogP contribution in [-0.2, 0) is 4.74 Å². The highest BCUT2D eigenvalue weighted by molar-refractivity contribution is 5.88. The minimum Gasteiger partial charge on any atom is -0.508 e. The lowest BCUT2D eigenvalue weighted by Crippen LogP contribution is -2.58. The Morgan fingerprint density at radius 2 is 1.59 bits per heavy atom. The quantitative estimate of drug-likeness (QED) is 0.276. The van der Waals surface area contributed by atoms with Crippen LogP contribution in [0.25, 0.3) is 22.3 Å². The molecule has 2 heterocycles. The van der Waals surface area contributed by atoms with E-state index in [1.807, 2.05) is 0 Å². The molecule has 170 valence electrons. The molecule has 0 radical (unpaired) electrons. The fraction of sp³-hybridized carbons (Fsp3) is 0.286. The lowest BCUT2D eigenvalue weighted by molar-refractivity contribution is -0.268. The first kappa shape index (κ1) is 21.7. The van der Waals surface area contributed by atoms with Gasteiger partial charge < -0.3 is 49.6 Å². The van der Waals surface area contributed by atoms with Crippen molar-refractivity contribution in [3.63, 3.8) is 0 Å². The molecule has 0 aliphatic carbocycles. The van der Waals surface area contributed by atoms with Crippen LogP contribution in [0, 0.1) is 0 Å². The summed E-state index contributed by atoms with van der Waals surface area (Å²) in [6, 6.07) is 5.51. The summed E-state index contributed by atoms with van der Waals surface area (Å²) in [7, 11) is 0. The normalized spacial score (nSPS) is 25.7. The smallest absolute Gasteiger partial charge is 0.239 e. The fourth-order valence-electron chi connectivity index (χ4n) is 3.46. The standard InChI is InChI=1S/C21H20O11/c1-7-15(26)17(28)18(29)21(30-7)32-20-16(27)14-12(25)5-9(22)6-13(14)31-19(20)8-2-3-10(23)11(24)4-8/h2-7,15,17-18,21-26,28-29H,1H3/t7-,15+,17-,18-,21-/m1/s1. The Labute approximate surface area is 179 Å². The van der Waals surface area contributed by atoms with Gasteiger partial charge in [0.05, 0.1) is 6.10 Å². The molecule has 11 heteroatoms. The summed E-state index contributed by atoms with van der Waals surface area (Å²) >= 11 is 0. The van der Waals surface area contributed by atoms with E-state index < -0.39 is 59.1 Å². The molecule has 0 amide bonds. The van der Waals surface area contributed by atoms with Crippen molar-refractivity contribution in [2.24, 2.45) is 0 Å². The van der Waals surface area contributed by atoms with Crippen LogP contribution in [0.5, 0.6) is 28.7 Å². The summed E-state index contributed by atoms with van der Waals surface area (Å²) in [5, 5.41) is 69.2. The second-order valence-electron chi connectivity index (χ2n) is 7.43. The van der Waals surface area contributed by atoms with E-state index in [-0.39, 0.29) is 28.0 Å². The number of aliphatic hydroxyl groups is 3. The van der Waals surface area contributed by atoms with Crippen molar-refractivity contribution < 1.29 is 49.6 Å². The van der Waals surface area contributed by atoms with Gasteiger partial charge >= 0.3 is 0 Å². The number of aromatic hydroxyl groups is 4. The van der Waals surface area contributed by atoms with Gasteiger partial charge in [-0.25, -0.2) is 0 Å². The van der Waals surface area contributed by atoms with Gasteiger partial charge in [0.1, 0.15) is 40.8 Å². The van der Waals surface area contributed by atoms with E-state index in [4.69, 9.17) is 13.9 Å². The van der Waals surface area contributed by atoms with Crippen molar-refractivity contribution in [1.82, 2.24) is 0 Å². The van der Waals surface area contributed by atoms with Gasteiger partial charge in [-0.2, -0.15) is 0 Å². The highest BCUT2D eigenvalue weighted by atomic mass is 16.7. The molecule has 1 aliphatic heterocycles. The van der Waals surface area contributed by atoms with E-state index in [0.717, 1.165) is 24.3 Å². The summed E-state index contributed by atoms with van der Waals surface area (Å²) < 4.78 is 16.6. The van der Waals surface area contributed by atoms with Crippen molar-refractivity contribution in [3.05, 3.63) is 40.6 Å². The zero-order valence-corrected chi connectivity index (χ0v) is 16.5. The maximum absolute atomic E-state index is 13.2. The molecule has 1 fully saturated rings. The molecule has 1 saturated heterocycles. The van der Waals surface area contributed by atoms with Crippen molar-refractivity contribution in [1.29, 1.82) is 0 Å². The third-order valence-corrected chi connectivity index (χ3v) is 5.20. The van der Waals surface area contributed by atoms with Gasteiger partial charge in [0.2, 0.25) is 17.5 Å². The van der Waals surface area contributed by atoms with Gasteiger partial charge in [-0.05, 0) is 25.1 Å². The molecule has 3 aromatic rings. The lowest BCUT2D eigenvalue weighted by atomic mass is 10.00. The summed E-state index contributed by atoms with van der Waals surface area (Å²) in [4.78, 5) is 13.2. The van der Waals surface area contributed by atoms with Gasteiger partial charge in [0.15, 0.2) is 17.3 Å². The maximum atomic E-state index is 13.2. The van der Waals surface area contributed by atoms with Crippen molar-refractivity contribution in [2.45, 2.75) is 37.6 Å². The van der Waals surface area contributed by atoms with Crippen LogP contribution in [0.15, 0.2) is 39.5 Å². The molecule has 4 rings (SSSR count). The average molecular weight is 448 g/mol. The Kier molecular flexibility index (Phi) is 5.34. The Morgan fingerprint density at radius 1 is 0.875 bits per heavy atom. The second-order valence-corrected chi connectivity index (χ2v) is 7.43. The van der Waals surface area contributed by atoms with Crippen molar-refractivity contribution >= 4 is 11.0 Å². The Hall–Kier alpha value is -3.51. The molecule has 1 aliphatic rings. The van der Waals surface area contributed by atoms with Gasteiger partial charge in [-0.3, -0.25) is 4.79 Å². The second kappa shape index (κ2) is 7.88. The highest BCUT2D eigenvalue weighted by Crippen LogP contribution is 2.39. The molecule has 0 unspecified atom stereocenters. The van der Waals surface area contributed by atoms with Gasteiger partial charge in [-0.1, -0.05) is 0 Å². The number of phenolic OH excluding ortho intramolecular Hbond substituents is 4. The van der Waals surface area contributed by atoms with E-state index in [1.54, 1.807) is 0 Å². The zero-order chi connectivity index (χ0) is 23.3. The van der Waals surface area contributed by atoms with Gasteiger partial charge in [0.25, 0.3) is 0 Å². The Bertz CT molecular complexity index is 1230. The van der Waals surface area contributed by atoms with Crippen LogP contribution >= 0.6 is 0 Å². The van der Waals surface area contributed by atoms with Crippen LogP contribution in [0.1, 0.15) is 6.92 Å². The number of hydrogen-bond donors (Lipinski definition) is 7. The maximum Gasteiger partial charge on any atom is 0.239 e. The average Bonchev–Trinajstić information content (AvgIpc) is 2.73. The van der Waals surface area contributed by atoms with Crippen LogP contribution in [0.3, 0.4) is 0 Å². The molecule has 1 aromatic heterocycles. The summed E-state index contributed by atoms with van der Waals surface area (Å²) in [5.41, 5.74) is -1.05. The molecular weight excluding hydrogens is 428 g/mol. The molecule has 11 nitrogen and oxygen atoms in total. The monoisotopic (exact) mass is 448 g/mol. The molecule has 5 atom stereocenters. The first-order valence-electron chi connectivity index (χ1n) is 9.50. The topological polar surface area (TPSA) is 190 Å². The first-order chi connectivity index (χ1) is 15.1. The predicted octanol–water partition coefficient (Wildman–Crippen LogP) is 0.489. The van der Waals surface area contributed by atoms with Crippen LogP contribution in [0.2, 0.25) is 0 Å². The van der Waals surface area contributed by atoms with E-state index in [0.29, 0.717) is 0 Å². The molecule has 0 saturated carbocycles. The van der Waals surface area contributed by atoms with E-state index >= 15 is 0 Å². The third-order valence-electron chi connectivity index (χ3n) is 5.20. The zero-order valence-electron chi connectivity index (χ0n) is 16.5. The van der Waals surface area contributed by atoms with Crippen LogP contribution in [0.4, 0.5) is 0 Å². The minimum atomic E-state index is -1.74. The van der Waals surface area contributed by atoms with Crippen molar-refractivity contribution in [3.8, 4) is 40.1 Å². The lowest BCUT2D eigenvalue weighted by Gasteiger charge is -2.38. The molecule has 0 bridgehead atoms. The SMILES string of the molecule is C[C@H]1O[C@H](Oc2c(-c3ccc(O)c(O)c3)oc3cc(O)cc(O)c3c2=O)[C@H](O)[C@H](O)[C@H]1O. The molecule has 0 spiro atoms. The minimum absolute atomic E-state index is 0.0658. The number of fused-ring (bicyclic) bond motifs is 1. The Morgan fingerprint density at radius 3 is 2.28 bits per heavy atom. The largest absolute Gasteiger partial charge is 0.508 e. The third kappa shape index (κ3) is 3.56. The number of hydrogen-bond acceptors (Lipinski definition) is 11. The molecule has 2 aromatic carbocycles. The van der Waals surface area contributed by atoms with E-state index in [2.05, 4.69) is 0 Å². The van der Waals surface area contributed by atoms with E-state index in [1.165, 1.54) is 13.0 Å². The van der Waals surface area contributed by atoms with Crippen LogP contribution in [-0.4, -0.2) is 66.5 Å². The number of rotatable bonds is 3. The van der Waals surface area contributed by atoms with Gasteiger partial charge in [0, 0.05) is 17.7 Å². The van der Waals surface area contributed by atoms with Crippen molar-refractivity contribution in [2.75, 3.05) is 0 Å². The van der Waals surface area contributed by atoms with Gasteiger partial charge in [-0.15, -0.1) is 0 Å². The number of benzene rings is 2. The number of ether oxygens (including phenoxy) is 2. The molecule has 7 N–H and O–H groups in total. The summed E-state index contributed by atoms with van der Waals surface area (Å²) in [5.74, 6) is -2.80. The first-order valence-corrected chi connectivity index (χ1v) is 9.50. The number of aliphatic hydroxyl groups excluding tert-OH is 3. The summed E-state index contributed by atoms with van der Waals surface area (Å²) in [6.45, 7) is 1.42.